The number of hydrogen-bond acceptors (Lipinski definition) is 8. The third kappa shape index (κ3) is 6.62. The van der Waals surface area contributed by atoms with Crippen LogP contribution in [-0.2, 0) is 22.8 Å². The first-order valence-electron chi connectivity index (χ1n) is 16.2. The van der Waals surface area contributed by atoms with Gasteiger partial charge >= 0.3 is 0 Å². The number of benzene rings is 1. The number of ketones is 1. The van der Waals surface area contributed by atoms with Gasteiger partial charge in [0.1, 0.15) is 41.2 Å². The van der Waals surface area contributed by atoms with Crippen molar-refractivity contribution in [2.45, 2.75) is 78.2 Å². The Balaban J connectivity index is 1.32. The Labute approximate surface area is 287 Å². The highest BCUT2D eigenvalue weighted by atomic mass is 79.9. The number of carbonyl (C=O) groups is 3. The molecule has 1 saturated carbocycles. The zero-order valence-corrected chi connectivity index (χ0v) is 29.5. The zero-order valence-electron chi connectivity index (χ0n) is 27.9. The Morgan fingerprint density at radius 3 is 2.52 bits per heavy atom. The minimum absolute atomic E-state index is 0.0837. The maximum absolute atomic E-state index is 14.7. The van der Waals surface area contributed by atoms with Gasteiger partial charge < -0.3 is 15.1 Å². The fraction of sp³-hybridized carbons (Fsp3) is 0.457. The Hall–Kier alpha value is -4.10. The molecular formula is C35H40BrFN8O3. The predicted octanol–water partition coefficient (Wildman–Crippen LogP) is 5.67. The van der Waals surface area contributed by atoms with Crippen LogP contribution in [0.4, 0.5) is 10.2 Å². The topological polar surface area (TPSA) is 126 Å². The average molecular weight is 720 g/mol. The number of nitrogens with one attached hydrogen (secondary N) is 1. The summed E-state index contributed by atoms with van der Waals surface area (Å²) >= 11 is 3.38. The van der Waals surface area contributed by atoms with Gasteiger partial charge in [-0.15, -0.1) is 0 Å². The molecule has 11 nitrogen and oxygen atoms in total. The second-order valence-corrected chi connectivity index (χ2v) is 14.2. The lowest BCUT2D eigenvalue weighted by Gasteiger charge is -2.27. The van der Waals surface area contributed by atoms with E-state index in [0.29, 0.717) is 50.3 Å². The van der Waals surface area contributed by atoms with Gasteiger partial charge in [-0.2, -0.15) is 5.10 Å². The molecule has 4 heterocycles. The molecular weight excluding hydrogens is 679 g/mol. The van der Waals surface area contributed by atoms with Crippen LogP contribution in [0, 0.1) is 19.3 Å². The molecule has 1 aromatic carbocycles. The SMILES string of the molecule is CC(=O)c1nn(CC(=O)N2[C@H](C(=O)Nc3nc(Br)ccc3C)C[C@@]3(CCCCN(C)C)C[C@@H]23)c2c(CF)cc(-c3cnc(C)nc3)cc12. The summed E-state index contributed by atoms with van der Waals surface area (Å²) in [6, 6.07) is 6.34. The van der Waals surface area contributed by atoms with Crippen LogP contribution in [0.5, 0.6) is 0 Å². The molecule has 3 atom stereocenters. The van der Waals surface area contributed by atoms with Gasteiger partial charge in [0.2, 0.25) is 11.8 Å². The molecule has 13 heteroatoms. The highest BCUT2D eigenvalue weighted by molar-refractivity contribution is 9.10. The Morgan fingerprint density at radius 1 is 1.08 bits per heavy atom. The van der Waals surface area contributed by atoms with E-state index < -0.39 is 12.7 Å². The van der Waals surface area contributed by atoms with Crippen LogP contribution < -0.4 is 5.32 Å². The Morgan fingerprint density at radius 2 is 1.83 bits per heavy atom. The number of aryl methyl sites for hydroxylation is 2. The van der Waals surface area contributed by atoms with Crippen molar-refractivity contribution in [3.8, 4) is 11.1 Å². The minimum Gasteiger partial charge on any atom is -0.325 e. The quantitative estimate of drug-likeness (QED) is 0.113. The smallest absolute Gasteiger partial charge is 0.248 e. The summed E-state index contributed by atoms with van der Waals surface area (Å²) in [5.41, 5.74) is 2.82. The van der Waals surface area contributed by atoms with Gasteiger partial charge in [-0.3, -0.25) is 19.1 Å². The molecule has 0 radical (unpaired) electrons. The first-order valence-corrected chi connectivity index (χ1v) is 17.0. The molecule has 252 valence electrons. The summed E-state index contributed by atoms with van der Waals surface area (Å²) in [6.45, 7) is 4.94. The van der Waals surface area contributed by atoms with Crippen molar-refractivity contribution in [2.75, 3.05) is 26.0 Å². The number of nitrogens with zero attached hydrogens (tertiary/aromatic N) is 7. The third-order valence-corrected chi connectivity index (χ3v) is 10.1. The number of Topliss-reactive ketones (excluding diaryl/α,β-unsaturated/α-hetero) is 1. The number of anilines is 1. The van der Waals surface area contributed by atoms with E-state index in [1.807, 2.05) is 13.0 Å². The lowest BCUT2D eigenvalue weighted by molar-refractivity contribution is -0.138. The molecule has 0 spiro atoms. The summed E-state index contributed by atoms with van der Waals surface area (Å²) < 4.78 is 16.7. The summed E-state index contributed by atoms with van der Waals surface area (Å²) in [5, 5.41) is 7.97. The highest BCUT2D eigenvalue weighted by Crippen LogP contribution is 2.62. The van der Waals surface area contributed by atoms with Gasteiger partial charge in [-0.1, -0.05) is 12.5 Å². The number of halogens is 2. The van der Waals surface area contributed by atoms with Gasteiger partial charge in [0.05, 0.1) is 5.52 Å². The van der Waals surface area contributed by atoms with E-state index in [1.54, 1.807) is 42.4 Å². The molecule has 1 N–H and O–H groups in total. The van der Waals surface area contributed by atoms with Crippen molar-refractivity contribution in [1.29, 1.82) is 0 Å². The van der Waals surface area contributed by atoms with E-state index in [4.69, 9.17) is 0 Å². The van der Waals surface area contributed by atoms with Crippen LogP contribution in [0.3, 0.4) is 0 Å². The van der Waals surface area contributed by atoms with Crippen LogP contribution in [0.1, 0.15) is 66.5 Å². The summed E-state index contributed by atoms with van der Waals surface area (Å²) in [5.74, 6) is 0.149. The van der Waals surface area contributed by atoms with E-state index in [1.165, 1.54) is 11.6 Å². The first kappa shape index (κ1) is 33.8. The molecule has 1 aliphatic heterocycles. The van der Waals surface area contributed by atoms with Crippen molar-refractivity contribution in [3.63, 3.8) is 0 Å². The number of unbranched alkanes of at least 4 members (excludes halogenated alkanes) is 1. The Bertz CT molecular complexity index is 1890. The molecule has 2 amide bonds. The lowest BCUT2D eigenvalue weighted by atomic mass is 9.93. The van der Waals surface area contributed by atoms with Crippen LogP contribution in [-0.4, -0.2) is 84.9 Å². The van der Waals surface area contributed by atoms with Crippen LogP contribution in [0.25, 0.3) is 22.0 Å². The molecule has 0 bridgehead atoms. The standard InChI is InChI=1S/C35H40BrFN8O3/c1-20-8-9-29(36)40-33(20)41-34(48)27-14-35(10-6-7-11-43(4)5)15-28(35)45(27)30(47)19-44-32-24(16-37)12-23(25-17-38-22(3)39-18-25)13-26(32)31(42-44)21(2)46/h8-9,12-13,17-18,27-28H,6-7,10-11,14-16,19H2,1-5H3,(H,40,41,48)/t27-,28+,35-/m0/s1. The van der Waals surface area contributed by atoms with Gasteiger partial charge in [0, 0.05) is 41.9 Å². The molecule has 2 fully saturated rings. The third-order valence-electron chi connectivity index (χ3n) is 9.64. The average Bonchev–Trinajstić information content (AvgIpc) is 3.45. The first-order chi connectivity index (χ1) is 22.9. The number of fused-ring (bicyclic) bond motifs is 2. The van der Waals surface area contributed by atoms with Crippen LogP contribution in [0.15, 0.2) is 41.3 Å². The number of likely N-dealkylation sites (tertiary alicyclic amines) is 1. The van der Waals surface area contributed by atoms with Crippen molar-refractivity contribution in [1.82, 2.24) is 34.5 Å². The molecule has 1 aliphatic carbocycles. The molecule has 48 heavy (non-hydrogen) atoms. The normalized spacial score (nSPS) is 20.0. The fourth-order valence-corrected chi connectivity index (χ4v) is 7.42. The second-order valence-electron chi connectivity index (χ2n) is 13.4. The van der Waals surface area contributed by atoms with Crippen molar-refractivity contribution in [2.24, 2.45) is 5.41 Å². The zero-order chi connectivity index (χ0) is 34.3. The van der Waals surface area contributed by atoms with Crippen LogP contribution in [0.2, 0.25) is 0 Å². The molecule has 2 aliphatic rings. The maximum Gasteiger partial charge on any atom is 0.248 e. The largest absolute Gasteiger partial charge is 0.325 e. The molecule has 0 unspecified atom stereocenters. The van der Waals surface area contributed by atoms with Gasteiger partial charge in [-0.25, -0.2) is 19.3 Å². The summed E-state index contributed by atoms with van der Waals surface area (Å²) in [7, 11) is 4.10. The summed E-state index contributed by atoms with van der Waals surface area (Å²) in [4.78, 5) is 57.8. The number of piperidine rings is 1. The minimum atomic E-state index is -0.833. The highest BCUT2D eigenvalue weighted by Gasteiger charge is 2.66. The lowest BCUT2D eigenvalue weighted by Crippen LogP contribution is -2.47. The summed E-state index contributed by atoms with van der Waals surface area (Å²) in [6.07, 6.45) is 7.64. The maximum atomic E-state index is 14.7. The van der Waals surface area contributed by atoms with Crippen molar-refractivity contribution >= 4 is 50.2 Å². The van der Waals surface area contributed by atoms with E-state index >= 15 is 0 Å². The van der Waals surface area contributed by atoms with E-state index in [9.17, 15) is 18.8 Å². The second kappa shape index (κ2) is 13.4. The number of carbonyl (C=O) groups excluding carboxylic acids is 3. The monoisotopic (exact) mass is 718 g/mol. The number of hydrogen-bond donors (Lipinski definition) is 1. The van der Waals surface area contributed by atoms with Crippen LogP contribution >= 0.6 is 15.9 Å². The van der Waals surface area contributed by atoms with Gasteiger partial charge in [0.15, 0.2) is 5.78 Å². The van der Waals surface area contributed by atoms with Gasteiger partial charge in [-0.05, 0) is 111 Å². The number of pyridine rings is 1. The fourth-order valence-electron chi connectivity index (χ4n) is 7.11. The molecule has 1 saturated heterocycles. The number of rotatable bonds is 12. The van der Waals surface area contributed by atoms with E-state index in [2.05, 4.69) is 60.3 Å². The van der Waals surface area contributed by atoms with Crippen molar-refractivity contribution in [3.05, 3.63) is 63.9 Å². The number of alkyl halides is 1. The van der Waals surface area contributed by atoms with E-state index in [0.717, 1.165) is 37.8 Å². The van der Waals surface area contributed by atoms with Crippen molar-refractivity contribution < 1.29 is 18.8 Å². The number of aromatic nitrogens is 5. The van der Waals surface area contributed by atoms with E-state index in [-0.39, 0.29) is 41.3 Å². The Kier molecular flexibility index (Phi) is 9.45. The molecule has 4 aromatic rings. The van der Waals surface area contributed by atoms with Gasteiger partial charge in [0.25, 0.3) is 0 Å². The predicted molar refractivity (Wildman–Crippen MR) is 184 cm³/mol. The number of amides is 2. The molecule has 3 aromatic heterocycles. The molecule has 6 rings (SSSR count).